The third kappa shape index (κ3) is 4.57. The Kier molecular flexibility index (Phi) is 6.48. The van der Waals surface area contributed by atoms with Crippen LogP contribution in [0.25, 0.3) is 150 Å². The highest BCUT2D eigenvalue weighted by atomic mass is 32.1. The van der Waals surface area contributed by atoms with E-state index in [1.165, 1.54) is 106 Å². The SMILES string of the molecule is c1ccc2c(c1)oc1cc3c(cc12)c(-c1ccc2sc4ccccc4c2c1)cc1cc2c(cc(-c4ccc5sc6ccccc6c5c4)c4cc5c(cc42)oc2ccccc25)cc13. The van der Waals surface area contributed by atoms with Crippen molar-refractivity contribution in [1.29, 1.82) is 0 Å². The van der Waals surface area contributed by atoms with E-state index in [2.05, 4.69) is 182 Å². The molecule has 0 atom stereocenters. The van der Waals surface area contributed by atoms with Gasteiger partial charge in [0.1, 0.15) is 22.3 Å². The van der Waals surface area contributed by atoms with Gasteiger partial charge in [0, 0.05) is 61.9 Å². The highest BCUT2D eigenvalue weighted by Gasteiger charge is 2.20. The van der Waals surface area contributed by atoms with Crippen LogP contribution in [-0.2, 0) is 0 Å². The summed E-state index contributed by atoms with van der Waals surface area (Å²) in [5, 5.41) is 19.3. The van der Waals surface area contributed by atoms with Crippen LogP contribution in [0.3, 0.4) is 0 Å². The molecule has 0 saturated heterocycles. The van der Waals surface area contributed by atoms with E-state index in [9.17, 15) is 0 Å². The topological polar surface area (TPSA) is 26.3 Å². The second kappa shape index (κ2) is 12.1. The normalized spacial score (nSPS) is 12.5. The summed E-state index contributed by atoms with van der Waals surface area (Å²) in [5.41, 5.74) is 8.47. The van der Waals surface area contributed by atoms with Gasteiger partial charge in [0.15, 0.2) is 0 Å². The van der Waals surface area contributed by atoms with Crippen molar-refractivity contribution < 1.29 is 8.83 Å². The molecule has 286 valence electrons. The second-order valence-corrected chi connectivity index (χ2v) is 18.9. The summed E-state index contributed by atoms with van der Waals surface area (Å²) in [6.45, 7) is 0. The van der Waals surface area contributed by atoms with E-state index in [1.807, 2.05) is 22.7 Å². The summed E-state index contributed by atoms with van der Waals surface area (Å²) in [6.07, 6.45) is 0. The maximum absolute atomic E-state index is 6.59. The van der Waals surface area contributed by atoms with Crippen LogP contribution in [0.15, 0.2) is 191 Å². The Labute approximate surface area is 361 Å². The summed E-state index contributed by atoms with van der Waals surface area (Å²) in [5.74, 6) is 0. The second-order valence-electron chi connectivity index (χ2n) is 16.7. The quantitative estimate of drug-likeness (QED) is 0.128. The lowest BCUT2D eigenvalue weighted by Crippen LogP contribution is -1.89. The van der Waals surface area contributed by atoms with Gasteiger partial charge in [-0.2, -0.15) is 0 Å². The molecule has 15 aromatic rings. The Hall–Kier alpha value is -7.50. The minimum Gasteiger partial charge on any atom is -0.456 e. The van der Waals surface area contributed by atoms with Gasteiger partial charge in [0.25, 0.3) is 0 Å². The predicted molar refractivity (Wildman–Crippen MR) is 268 cm³/mol. The average molecular weight is 823 g/mol. The van der Waals surface area contributed by atoms with Gasteiger partial charge < -0.3 is 8.83 Å². The Morgan fingerprint density at radius 3 is 1.15 bits per heavy atom. The Bertz CT molecular complexity index is 4170. The number of hydrogen-bond acceptors (Lipinski definition) is 4. The summed E-state index contributed by atoms with van der Waals surface area (Å²) in [6, 6.07) is 67.4. The van der Waals surface area contributed by atoms with E-state index >= 15 is 0 Å². The first-order chi connectivity index (χ1) is 30.7. The highest BCUT2D eigenvalue weighted by molar-refractivity contribution is 7.26. The van der Waals surface area contributed by atoms with E-state index in [1.54, 1.807) is 0 Å². The lowest BCUT2D eigenvalue weighted by atomic mass is 9.87. The van der Waals surface area contributed by atoms with Crippen LogP contribution < -0.4 is 0 Å². The molecule has 0 saturated carbocycles. The van der Waals surface area contributed by atoms with Crippen LogP contribution in [-0.4, -0.2) is 0 Å². The lowest BCUT2D eigenvalue weighted by Gasteiger charge is -2.16. The van der Waals surface area contributed by atoms with Crippen molar-refractivity contribution in [3.63, 3.8) is 0 Å². The lowest BCUT2D eigenvalue weighted by molar-refractivity contribution is 0.669. The van der Waals surface area contributed by atoms with Crippen LogP contribution in [0.5, 0.6) is 0 Å². The molecule has 62 heavy (non-hydrogen) atoms. The number of fused-ring (bicyclic) bond motifs is 18. The van der Waals surface area contributed by atoms with E-state index in [-0.39, 0.29) is 0 Å². The van der Waals surface area contributed by atoms with Gasteiger partial charge in [0.2, 0.25) is 0 Å². The van der Waals surface area contributed by atoms with E-state index in [0.29, 0.717) is 0 Å². The molecule has 0 fully saturated rings. The van der Waals surface area contributed by atoms with Crippen LogP contribution in [0.1, 0.15) is 0 Å². The summed E-state index contributed by atoms with van der Waals surface area (Å²) < 4.78 is 18.4. The molecule has 0 aliphatic rings. The average Bonchev–Trinajstić information content (AvgIpc) is 4.08. The smallest absolute Gasteiger partial charge is 0.136 e. The van der Waals surface area contributed by atoms with Crippen molar-refractivity contribution in [3.8, 4) is 22.3 Å². The zero-order chi connectivity index (χ0) is 40.2. The molecule has 0 radical (unpaired) electrons. The Balaban J connectivity index is 1.07. The number of para-hydroxylation sites is 2. The molecule has 0 aliphatic heterocycles. The molecule has 11 aromatic carbocycles. The summed E-state index contributed by atoms with van der Waals surface area (Å²) in [4.78, 5) is 0. The number of hydrogen-bond donors (Lipinski definition) is 0. The van der Waals surface area contributed by atoms with Gasteiger partial charge in [-0.15, -0.1) is 22.7 Å². The van der Waals surface area contributed by atoms with Gasteiger partial charge in [0.05, 0.1) is 0 Å². The Morgan fingerprint density at radius 2 is 0.661 bits per heavy atom. The minimum atomic E-state index is 0.902. The molecule has 4 heterocycles. The maximum atomic E-state index is 6.59. The largest absolute Gasteiger partial charge is 0.456 e. The van der Waals surface area contributed by atoms with Crippen molar-refractivity contribution in [2.24, 2.45) is 0 Å². The number of furan rings is 2. The molecular formula is C58H30O2S2. The van der Waals surface area contributed by atoms with Crippen LogP contribution in [0.4, 0.5) is 0 Å². The zero-order valence-electron chi connectivity index (χ0n) is 33.0. The van der Waals surface area contributed by atoms with Crippen molar-refractivity contribution in [3.05, 3.63) is 182 Å². The van der Waals surface area contributed by atoms with Gasteiger partial charge in [-0.25, -0.2) is 0 Å². The van der Waals surface area contributed by atoms with Crippen molar-refractivity contribution in [2.45, 2.75) is 0 Å². The standard InChI is InChI=1S/C58H30O2S2/c1-5-13-51-35(9-1)47-27-43-39(31-17-19-57-49(21-31)37-11-3-7-15-55(37)61-57)23-33-26-42-34(25-41(33)45(43)29-53(47)59-51)24-40(32-18-20-58-50(22-32)38-12-4-8-16-56(38)62-58)44-28-48-36-10-2-6-14-52(36)60-54(48)30-46(42)44/h1-30H. The molecule has 4 heteroatoms. The van der Waals surface area contributed by atoms with Crippen molar-refractivity contribution in [1.82, 2.24) is 0 Å². The van der Waals surface area contributed by atoms with Gasteiger partial charge in [-0.3, -0.25) is 0 Å². The number of thiophene rings is 2. The van der Waals surface area contributed by atoms with Gasteiger partial charge in [-0.1, -0.05) is 84.9 Å². The molecule has 0 amide bonds. The van der Waals surface area contributed by atoms with Gasteiger partial charge in [-0.05, 0) is 162 Å². The van der Waals surface area contributed by atoms with Crippen LogP contribution >= 0.6 is 22.7 Å². The maximum Gasteiger partial charge on any atom is 0.136 e. The monoisotopic (exact) mass is 822 g/mol. The number of benzene rings is 11. The molecule has 15 rings (SSSR count). The molecule has 0 spiro atoms. The highest BCUT2D eigenvalue weighted by Crippen LogP contribution is 2.47. The summed E-state index contributed by atoms with van der Waals surface area (Å²) in [7, 11) is 0. The first-order valence-electron chi connectivity index (χ1n) is 21.0. The molecule has 0 aliphatic carbocycles. The van der Waals surface area contributed by atoms with E-state index < -0.39 is 0 Å². The third-order valence-electron chi connectivity index (χ3n) is 13.4. The molecule has 2 nitrogen and oxygen atoms in total. The fourth-order valence-corrected chi connectivity index (χ4v) is 12.7. The van der Waals surface area contributed by atoms with Crippen LogP contribution in [0.2, 0.25) is 0 Å². The fourth-order valence-electron chi connectivity index (χ4n) is 10.5. The molecule has 4 aromatic heterocycles. The van der Waals surface area contributed by atoms with Gasteiger partial charge >= 0.3 is 0 Å². The first kappa shape index (κ1) is 33.2. The van der Waals surface area contributed by atoms with Crippen molar-refractivity contribution >= 4 is 150 Å². The fraction of sp³-hybridized carbons (Fsp3) is 0. The number of rotatable bonds is 2. The first-order valence-corrected chi connectivity index (χ1v) is 22.7. The predicted octanol–water partition coefficient (Wildman–Crippen LogP) is 18.2. The molecule has 0 bridgehead atoms. The molecular weight excluding hydrogens is 793 g/mol. The summed E-state index contributed by atoms with van der Waals surface area (Å²) >= 11 is 3.72. The van der Waals surface area contributed by atoms with E-state index in [0.717, 1.165) is 43.9 Å². The zero-order valence-corrected chi connectivity index (χ0v) is 34.6. The van der Waals surface area contributed by atoms with E-state index in [4.69, 9.17) is 8.83 Å². The van der Waals surface area contributed by atoms with Crippen LogP contribution in [0, 0.1) is 0 Å². The molecule has 0 unspecified atom stereocenters. The third-order valence-corrected chi connectivity index (χ3v) is 15.7. The molecule has 0 N–H and O–H groups in total. The van der Waals surface area contributed by atoms with Crippen molar-refractivity contribution in [2.75, 3.05) is 0 Å². The Morgan fingerprint density at radius 1 is 0.242 bits per heavy atom. The minimum absolute atomic E-state index is 0.902.